The van der Waals surface area contributed by atoms with Crippen molar-refractivity contribution in [2.75, 3.05) is 6.61 Å². The number of aryl methyl sites for hydroxylation is 1. The zero-order valence-corrected chi connectivity index (χ0v) is 15.5. The first kappa shape index (κ1) is 18.6. The van der Waals surface area contributed by atoms with Crippen molar-refractivity contribution in [2.24, 2.45) is 4.99 Å². The maximum Gasteiger partial charge on any atom is 0.161 e. The molecule has 0 radical (unpaired) electrons. The number of rotatable bonds is 7. The fraction of sp³-hybridized carbons (Fsp3) is 0.174. The molecule has 0 bridgehead atoms. The van der Waals surface area contributed by atoms with E-state index in [-0.39, 0.29) is 5.82 Å². The second-order valence-electron chi connectivity index (χ2n) is 6.15. The SMILES string of the molecule is CCOc1cc(C=Nc2ccc(C)cc2)ccc1OCc1ccc(F)cc1. The Balaban J connectivity index is 1.73. The standard InChI is InChI=1S/C23H22FNO2/c1-3-26-23-14-19(15-25-21-11-4-17(2)5-12-21)8-13-22(23)27-16-18-6-9-20(24)10-7-18/h4-15H,3,16H2,1-2H3. The van der Waals surface area contributed by atoms with Crippen LogP contribution >= 0.6 is 0 Å². The molecule has 3 aromatic rings. The summed E-state index contributed by atoms with van der Waals surface area (Å²) in [6.45, 7) is 4.85. The van der Waals surface area contributed by atoms with E-state index in [1.165, 1.54) is 17.7 Å². The van der Waals surface area contributed by atoms with Gasteiger partial charge in [-0.3, -0.25) is 4.99 Å². The predicted octanol–water partition coefficient (Wildman–Crippen LogP) is 5.86. The molecule has 0 N–H and O–H groups in total. The minimum Gasteiger partial charge on any atom is -0.490 e. The lowest BCUT2D eigenvalue weighted by atomic mass is 10.2. The molecule has 0 aliphatic carbocycles. The van der Waals surface area contributed by atoms with Crippen LogP contribution in [-0.2, 0) is 6.61 Å². The molecule has 0 aliphatic heterocycles. The van der Waals surface area contributed by atoms with Crippen molar-refractivity contribution in [3.05, 3.63) is 89.2 Å². The summed E-state index contributed by atoms with van der Waals surface area (Å²) in [7, 11) is 0. The van der Waals surface area contributed by atoms with Gasteiger partial charge in [-0.05, 0) is 67.4 Å². The van der Waals surface area contributed by atoms with Gasteiger partial charge in [-0.15, -0.1) is 0 Å². The molecule has 3 aromatic carbocycles. The van der Waals surface area contributed by atoms with Crippen molar-refractivity contribution >= 4 is 11.9 Å². The number of aliphatic imine (C=N–C) groups is 1. The molecule has 0 unspecified atom stereocenters. The zero-order chi connectivity index (χ0) is 19.1. The largest absolute Gasteiger partial charge is 0.490 e. The quantitative estimate of drug-likeness (QED) is 0.492. The van der Waals surface area contributed by atoms with Crippen molar-refractivity contribution in [1.82, 2.24) is 0 Å². The van der Waals surface area contributed by atoms with Gasteiger partial charge in [-0.25, -0.2) is 4.39 Å². The molecule has 0 spiro atoms. The van der Waals surface area contributed by atoms with E-state index in [1.807, 2.05) is 56.3 Å². The van der Waals surface area contributed by atoms with Gasteiger partial charge in [0.15, 0.2) is 11.5 Å². The van der Waals surface area contributed by atoms with Gasteiger partial charge in [0, 0.05) is 6.21 Å². The van der Waals surface area contributed by atoms with E-state index in [0.29, 0.717) is 24.7 Å². The average molecular weight is 363 g/mol. The first-order chi connectivity index (χ1) is 13.1. The van der Waals surface area contributed by atoms with Crippen LogP contribution in [0.5, 0.6) is 11.5 Å². The average Bonchev–Trinajstić information content (AvgIpc) is 2.68. The molecule has 0 atom stereocenters. The van der Waals surface area contributed by atoms with Crippen molar-refractivity contribution in [2.45, 2.75) is 20.5 Å². The highest BCUT2D eigenvalue weighted by Gasteiger charge is 2.07. The summed E-state index contributed by atoms with van der Waals surface area (Å²) < 4.78 is 24.6. The van der Waals surface area contributed by atoms with Crippen molar-refractivity contribution < 1.29 is 13.9 Å². The summed E-state index contributed by atoms with van der Waals surface area (Å²) in [6, 6.07) is 20.0. The van der Waals surface area contributed by atoms with Gasteiger partial charge in [-0.1, -0.05) is 29.8 Å². The number of ether oxygens (including phenoxy) is 2. The highest BCUT2D eigenvalue weighted by atomic mass is 19.1. The van der Waals surface area contributed by atoms with Gasteiger partial charge in [-0.2, -0.15) is 0 Å². The third-order valence-electron chi connectivity index (χ3n) is 3.97. The number of hydrogen-bond acceptors (Lipinski definition) is 3. The lowest BCUT2D eigenvalue weighted by molar-refractivity contribution is 0.269. The van der Waals surface area contributed by atoms with Crippen LogP contribution in [-0.4, -0.2) is 12.8 Å². The van der Waals surface area contributed by atoms with Gasteiger partial charge in [0.2, 0.25) is 0 Å². The minimum absolute atomic E-state index is 0.258. The minimum atomic E-state index is -0.258. The molecule has 0 amide bonds. The third kappa shape index (κ3) is 5.42. The molecular weight excluding hydrogens is 341 g/mol. The Kier molecular flexibility index (Phi) is 6.21. The number of benzene rings is 3. The van der Waals surface area contributed by atoms with Crippen LogP contribution in [0.2, 0.25) is 0 Å². The van der Waals surface area contributed by atoms with Crippen LogP contribution in [0.1, 0.15) is 23.6 Å². The van der Waals surface area contributed by atoms with E-state index in [2.05, 4.69) is 4.99 Å². The second-order valence-corrected chi connectivity index (χ2v) is 6.15. The molecular formula is C23H22FNO2. The van der Waals surface area contributed by atoms with E-state index >= 15 is 0 Å². The molecule has 0 saturated heterocycles. The van der Waals surface area contributed by atoms with Crippen LogP contribution in [0, 0.1) is 12.7 Å². The van der Waals surface area contributed by atoms with Crippen LogP contribution < -0.4 is 9.47 Å². The van der Waals surface area contributed by atoms with E-state index in [1.54, 1.807) is 18.3 Å². The normalized spacial score (nSPS) is 10.9. The lowest BCUT2D eigenvalue weighted by Crippen LogP contribution is -2.00. The second kappa shape index (κ2) is 8.99. The molecule has 138 valence electrons. The van der Waals surface area contributed by atoms with Gasteiger partial charge < -0.3 is 9.47 Å². The molecule has 27 heavy (non-hydrogen) atoms. The van der Waals surface area contributed by atoms with Crippen LogP contribution in [0.4, 0.5) is 10.1 Å². The summed E-state index contributed by atoms with van der Waals surface area (Å²) in [4.78, 5) is 4.49. The number of nitrogens with zero attached hydrogens (tertiary/aromatic N) is 1. The van der Waals surface area contributed by atoms with Crippen molar-refractivity contribution in [1.29, 1.82) is 0 Å². The number of halogens is 1. The third-order valence-corrected chi connectivity index (χ3v) is 3.97. The Morgan fingerprint density at radius 2 is 1.63 bits per heavy atom. The van der Waals surface area contributed by atoms with Crippen molar-refractivity contribution in [3.8, 4) is 11.5 Å². The monoisotopic (exact) mass is 363 g/mol. The maximum absolute atomic E-state index is 13.0. The van der Waals surface area contributed by atoms with E-state index in [9.17, 15) is 4.39 Å². The van der Waals surface area contributed by atoms with E-state index in [4.69, 9.17) is 9.47 Å². The highest BCUT2D eigenvalue weighted by Crippen LogP contribution is 2.29. The highest BCUT2D eigenvalue weighted by molar-refractivity contribution is 5.83. The van der Waals surface area contributed by atoms with Gasteiger partial charge >= 0.3 is 0 Å². The lowest BCUT2D eigenvalue weighted by Gasteiger charge is -2.12. The van der Waals surface area contributed by atoms with E-state index < -0.39 is 0 Å². The fourth-order valence-electron chi connectivity index (χ4n) is 2.51. The van der Waals surface area contributed by atoms with Crippen molar-refractivity contribution in [3.63, 3.8) is 0 Å². The summed E-state index contributed by atoms with van der Waals surface area (Å²) in [5, 5.41) is 0. The van der Waals surface area contributed by atoms with Crippen LogP contribution in [0.25, 0.3) is 0 Å². The van der Waals surface area contributed by atoms with Gasteiger partial charge in [0.25, 0.3) is 0 Å². The Morgan fingerprint density at radius 3 is 2.33 bits per heavy atom. The first-order valence-electron chi connectivity index (χ1n) is 8.89. The Labute approximate surface area is 159 Å². The Morgan fingerprint density at radius 1 is 0.889 bits per heavy atom. The Hall–Kier alpha value is -3.14. The topological polar surface area (TPSA) is 30.8 Å². The van der Waals surface area contributed by atoms with E-state index in [0.717, 1.165) is 16.8 Å². The molecule has 0 fully saturated rings. The van der Waals surface area contributed by atoms with Gasteiger partial charge in [0.1, 0.15) is 12.4 Å². The summed E-state index contributed by atoms with van der Waals surface area (Å²) in [5.41, 5.74) is 3.92. The molecule has 3 nitrogen and oxygen atoms in total. The smallest absolute Gasteiger partial charge is 0.161 e. The number of hydrogen-bond donors (Lipinski definition) is 0. The fourth-order valence-corrected chi connectivity index (χ4v) is 2.51. The molecule has 3 rings (SSSR count). The van der Waals surface area contributed by atoms with Crippen LogP contribution in [0.3, 0.4) is 0 Å². The van der Waals surface area contributed by atoms with Crippen LogP contribution in [0.15, 0.2) is 71.7 Å². The molecule has 0 aliphatic rings. The summed E-state index contributed by atoms with van der Waals surface area (Å²) >= 11 is 0. The molecule has 0 saturated carbocycles. The predicted molar refractivity (Wildman–Crippen MR) is 107 cm³/mol. The summed E-state index contributed by atoms with van der Waals surface area (Å²) in [6.07, 6.45) is 1.80. The zero-order valence-electron chi connectivity index (χ0n) is 15.5. The molecule has 0 heterocycles. The molecule has 4 heteroatoms. The Bertz CT molecular complexity index is 903. The summed E-state index contributed by atoms with van der Waals surface area (Å²) in [5.74, 6) is 1.05. The first-order valence-corrected chi connectivity index (χ1v) is 8.89. The molecule has 0 aromatic heterocycles. The maximum atomic E-state index is 13.0. The van der Waals surface area contributed by atoms with Gasteiger partial charge in [0.05, 0.1) is 12.3 Å².